The van der Waals surface area contributed by atoms with Crippen LogP contribution in [0.2, 0.25) is 0 Å². The molecule has 0 fully saturated rings. The summed E-state index contributed by atoms with van der Waals surface area (Å²) in [4.78, 5) is 10.7. The van der Waals surface area contributed by atoms with Crippen molar-refractivity contribution in [3.63, 3.8) is 0 Å². The standard InChI is InChI=1S/C7H4BrNO/c8-4-1-2-5-6(3-4)9-7(5)10/h1-3H,(H,9,10). The number of benzene rings is 1. The average molecular weight is 198 g/mol. The Morgan fingerprint density at radius 3 is 2.80 bits per heavy atom. The summed E-state index contributed by atoms with van der Waals surface area (Å²) < 4.78 is 0.992. The van der Waals surface area contributed by atoms with E-state index in [9.17, 15) is 4.79 Å². The molecule has 2 nitrogen and oxygen atoms in total. The van der Waals surface area contributed by atoms with Crippen LogP contribution in [0, 0.1) is 0 Å². The van der Waals surface area contributed by atoms with Crippen molar-refractivity contribution < 1.29 is 4.79 Å². The van der Waals surface area contributed by atoms with Gasteiger partial charge in [0.05, 0.1) is 11.3 Å². The number of amides is 1. The predicted molar refractivity (Wildman–Crippen MR) is 42.1 cm³/mol. The second kappa shape index (κ2) is 1.83. The molecule has 0 saturated heterocycles. The molecular weight excluding hydrogens is 194 g/mol. The van der Waals surface area contributed by atoms with Gasteiger partial charge in [0, 0.05) is 4.47 Å². The molecule has 0 saturated carbocycles. The molecule has 0 radical (unpaired) electrons. The van der Waals surface area contributed by atoms with E-state index in [0.29, 0.717) is 0 Å². The summed E-state index contributed by atoms with van der Waals surface area (Å²) in [6.07, 6.45) is 0. The maximum atomic E-state index is 10.7. The van der Waals surface area contributed by atoms with Gasteiger partial charge >= 0.3 is 0 Å². The summed E-state index contributed by atoms with van der Waals surface area (Å²) in [5.74, 6) is 0.0162. The zero-order valence-electron chi connectivity index (χ0n) is 5.02. The van der Waals surface area contributed by atoms with Crippen LogP contribution in [-0.4, -0.2) is 5.91 Å². The van der Waals surface area contributed by atoms with E-state index < -0.39 is 0 Å². The first-order chi connectivity index (χ1) is 4.77. The van der Waals surface area contributed by atoms with Gasteiger partial charge < -0.3 is 5.32 Å². The quantitative estimate of drug-likeness (QED) is 0.678. The first kappa shape index (κ1) is 5.92. The summed E-state index contributed by atoms with van der Waals surface area (Å²) in [5.41, 5.74) is 1.70. The molecule has 3 heteroatoms. The summed E-state index contributed by atoms with van der Waals surface area (Å²) in [6, 6.07) is 5.55. The van der Waals surface area contributed by atoms with Crippen LogP contribution in [0.5, 0.6) is 0 Å². The highest BCUT2D eigenvalue weighted by molar-refractivity contribution is 9.10. The van der Waals surface area contributed by atoms with Crippen LogP contribution in [0.3, 0.4) is 0 Å². The van der Waals surface area contributed by atoms with Crippen LogP contribution < -0.4 is 5.32 Å². The average Bonchev–Trinajstić information content (AvgIpc) is 1.86. The number of rotatable bonds is 0. The van der Waals surface area contributed by atoms with Gasteiger partial charge in [0.15, 0.2) is 0 Å². The summed E-state index contributed by atoms with van der Waals surface area (Å²) in [5, 5.41) is 2.66. The van der Waals surface area contributed by atoms with Gasteiger partial charge in [0.2, 0.25) is 0 Å². The maximum absolute atomic E-state index is 10.7. The molecule has 1 aromatic rings. The second-order valence-corrected chi connectivity index (χ2v) is 3.06. The fourth-order valence-corrected chi connectivity index (χ4v) is 1.31. The Labute approximate surface area is 66.4 Å². The van der Waals surface area contributed by atoms with Gasteiger partial charge in [-0.2, -0.15) is 0 Å². The van der Waals surface area contributed by atoms with Gasteiger partial charge in [-0.3, -0.25) is 4.79 Å². The minimum atomic E-state index is 0.0162. The molecule has 0 aliphatic carbocycles. The first-order valence-corrected chi connectivity index (χ1v) is 3.67. The van der Waals surface area contributed by atoms with Gasteiger partial charge in [-0.05, 0) is 18.2 Å². The van der Waals surface area contributed by atoms with E-state index in [1.807, 2.05) is 12.1 Å². The van der Waals surface area contributed by atoms with E-state index in [1.54, 1.807) is 6.07 Å². The molecule has 1 heterocycles. The number of carbonyl (C=O) groups is 1. The lowest BCUT2D eigenvalue weighted by atomic mass is 10.1. The van der Waals surface area contributed by atoms with E-state index in [1.165, 1.54) is 0 Å². The summed E-state index contributed by atoms with van der Waals surface area (Å²) in [7, 11) is 0. The number of hydrogen-bond acceptors (Lipinski definition) is 1. The van der Waals surface area contributed by atoms with E-state index in [4.69, 9.17) is 0 Å². The van der Waals surface area contributed by atoms with Crippen LogP contribution in [0.4, 0.5) is 5.69 Å². The molecule has 0 unspecified atom stereocenters. The normalized spacial score (nSPS) is 13.5. The van der Waals surface area contributed by atoms with E-state index in [-0.39, 0.29) is 5.91 Å². The van der Waals surface area contributed by atoms with Gasteiger partial charge in [-0.1, -0.05) is 15.9 Å². The maximum Gasteiger partial charge on any atom is 0.257 e. The van der Waals surface area contributed by atoms with Crippen molar-refractivity contribution in [2.75, 3.05) is 5.32 Å². The monoisotopic (exact) mass is 197 g/mol. The molecule has 1 amide bonds. The molecule has 0 spiro atoms. The molecule has 0 bridgehead atoms. The zero-order valence-corrected chi connectivity index (χ0v) is 6.60. The van der Waals surface area contributed by atoms with Gasteiger partial charge in [0.25, 0.3) is 5.91 Å². The molecule has 0 atom stereocenters. The molecular formula is C7H4BrNO. The number of fused-ring (bicyclic) bond motifs is 1. The van der Waals surface area contributed by atoms with Crippen molar-refractivity contribution in [2.45, 2.75) is 0 Å². The van der Waals surface area contributed by atoms with Crippen molar-refractivity contribution in [1.82, 2.24) is 0 Å². The Morgan fingerprint density at radius 1 is 1.40 bits per heavy atom. The largest absolute Gasteiger partial charge is 0.321 e. The van der Waals surface area contributed by atoms with E-state index in [0.717, 1.165) is 15.7 Å². The lowest BCUT2D eigenvalue weighted by Gasteiger charge is -2.18. The highest BCUT2D eigenvalue weighted by Gasteiger charge is 2.21. The Bertz CT molecular complexity index is 308. The highest BCUT2D eigenvalue weighted by atomic mass is 79.9. The summed E-state index contributed by atoms with van der Waals surface area (Å²) >= 11 is 3.30. The van der Waals surface area contributed by atoms with Gasteiger partial charge in [-0.25, -0.2) is 0 Å². The Morgan fingerprint density at radius 2 is 2.20 bits per heavy atom. The topological polar surface area (TPSA) is 29.1 Å². The third kappa shape index (κ3) is 0.671. The Kier molecular flexibility index (Phi) is 1.08. The number of carbonyl (C=O) groups excluding carboxylic acids is 1. The van der Waals surface area contributed by atoms with Crippen LogP contribution in [-0.2, 0) is 0 Å². The number of hydrogen-bond donors (Lipinski definition) is 1. The highest BCUT2D eigenvalue weighted by Crippen LogP contribution is 2.28. The molecule has 1 aromatic carbocycles. The lowest BCUT2D eigenvalue weighted by Crippen LogP contribution is -2.24. The Balaban J connectivity index is 2.59. The van der Waals surface area contributed by atoms with Crippen LogP contribution in [0.15, 0.2) is 22.7 Å². The number of anilines is 1. The number of nitrogens with one attached hydrogen (secondary N) is 1. The number of halogens is 1. The second-order valence-electron chi connectivity index (χ2n) is 2.14. The first-order valence-electron chi connectivity index (χ1n) is 2.88. The van der Waals surface area contributed by atoms with Crippen molar-refractivity contribution >= 4 is 27.5 Å². The van der Waals surface area contributed by atoms with Crippen LogP contribution >= 0.6 is 15.9 Å². The van der Waals surface area contributed by atoms with E-state index in [2.05, 4.69) is 21.2 Å². The van der Waals surface area contributed by atoms with Crippen molar-refractivity contribution in [3.8, 4) is 0 Å². The molecule has 10 heavy (non-hydrogen) atoms. The van der Waals surface area contributed by atoms with E-state index >= 15 is 0 Å². The third-order valence-electron chi connectivity index (χ3n) is 1.47. The van der Waals surface area contributed by atoms with Crippen LogP contribution in [0.1, 0.15) is 10.4 Å². The lowest BCUT2D eigenvalue weighted by molar-refractivity contribution is 0.101. The summed E-state index contributed by atoms with van der Waals surface area (Å²) in [6.45, 7) is 0. The molecule has 50 valence electrons. The SMILES string of the molecule is O=C1Nc2cc(Br)ccc21. The third-order valence-corrected chi connectivity index (χ3v) is 1.97. The predicted octanol–water partition coefficient (Wildman–Crippen LogP) is 2.01. The smallest absolute Gasteiger partial charge is 0.257 e. The zero-order chi connectivity index (χ0) is 7.14. The van der Waals surface area contributed by atoms with Gasteiger partial charge in [-0.15, -0.1) is 0 Å². The molecule has 1 aliphatic heterocycles. The molecule has 1 N–H and O–H groups in total. The fourth-order valence-electron chi connectivity index (χ4n) is 0.945. The van der Waals surface area contributed by atoms with Crippen molar-refractivity contribution in [2.24, 2.45) is 0 Å². The van der Waals surface area contributed by atoms with Gasteiger partial charge in [0.1, 0.15) is 0 Å². The fraction of sp³-hybridized carbons (Fsp3) is 0. The molecule has 2 rings (SSSR count). The van der Waals surface area contributed by atoms with Crippen LogP contribution in [0.25, 0.3) is 0 Å². The molecule has 0 aromatic heterocycles. The van der Waals surface area contributed by atoms with Crippen molar-refractivity contribution in [1.29, 1.82) is 0 Å². The molecule has 1 aliphatic rings. The minimum absolute atomic E-state index is 0.0162. The Hall–Kier alpha value is -0.830. The van der Waals surface area contributed by atoms with Crippen molar-refractivity contribution in [3.05, 3.63) is 28.2 Å². The minimum Gasteiger partial charge on any atom is -0.321 e.